The molecule has 2 nitrogen and oxygen atoms in total. The standard InChI is InChI=1S/C11H11F3O2/c1-7-4-8(11(12,13)14)2-3-9(7)10(15)5-16-6-10/h2-4,15H,5-6H2,1H3. The highest BCUT2D eigenvalue weighted by Crippen LogP contribution is 2.35. The normalized spacial score (nSPS) is 19.3. The quantitative estimate of drug-likeness (QED) is 0.804. The van der Waals surface area contributed by atoms with Gasteiger partial charge < -0.3 is 9.84 Å². The van der Waals surface area contributed by atoms with Crippen molar-refractivity contribution in [3.05, 3.63) is 34.9 Å². The van der Waals surface area contributed by atoms with Crippen molar-refractivity contribution >= 4 is 0 Å². The van der Waals surface area contributed by atoms with E-state index in [9.17, 15) is 18.3 Å². The van der Waals surface area contributed by atoms with Crippen molar-refractivity contribution in [1.82, 2.24) is 0 Å². The summed E-state index contributed by atoms with van der Waals surface area (Å²) >= 11 is 0. The van der Waals surface area contributed by atoms with Crippen LogP contribution in [0.5, 0.6) is 0 Å². The molecule has 1 fully saturated rings. The molecule has 0 atom stereocenters. The van der Waals surface area contributed by atoms with Crippen molar-refractivity contribution < 1.29 is 23.0 Å². The molecule has 0 radical (unpaired) electrons. The Bertz CT molecular complexity index is 408. The number of aryl methyl sites for hydroxylation is 1. The highest BCUT2D eigenvalue weighted by molar-refractivity contribution is 5.37. The van der Waals surface area contributed by atoms with Gasteiger partial charge >= 0.3 is 6.18 Å². The van der Waals surface area contributed by atoms with E-state index in [1.807, 2.05) is 0 Å². The van der Waals surface area contributed by atoms with Gasteiger partial charge in [-0.2, -0.15) is 13.2 Å². The van der Waals surface area contributed by atoms with E-state index in [4.69, 9.17) is 4.74 Å². The van der Waals surface area contributed by atoms with Gasteiger partial charge in [-0.15, -0.1) is 0 Å². The predicted molar refractivity (Wildman–Crippen MR) is 50.9 cm³/mol. The second kappa shape index (κ2) is 3.46. The van der Waals surface area contributed by atoms with Crippen LogP contribution in [-0.4, -0.2) is 18.3 Å². The highest BCUT2D eigenvalue weighted by Gasteiger charge is 2.40. The van der Waals surface area contributed by atoms with Crippen LogP contribution >= 0.6 is 0 Å². The molecule has 2 rings (SSSR count). The molecular weight excluding hydrogens is 221 g/mol. The van der Waals surface area contributed by atoms with Crippen molar-refractivity contribution in [2.75, 3.05) is 13.2 Å². The fourth-order valence-corrected chi connectivity index (χ4v) is 1.81. The Morgan fingerprint density at radius 2 is 1.94 bits per heavy atom. The molecule has 1 aromatic rings. The highest BCUT2D eigenvalue weighted by atomic mass is 19.4. The molecule has 1 aliphatic rings. The van der Waals surface area contributed by atoms with Crippen LogP contribution in [0.1, 0.15) is 16.7 Å². The molecule has 0 bridgehead atoms. The summed E-state index contributed by atoms with van der Waals surface area (Å²) in [6, 6.07) is 3.35. The molecule has 0 aliphatic carbocycles. The Morgan fingerprint density at radius 3 is 2.31 bits per heavy atom. The Hall–Kier alpha value is -1.07. The third kappa shape index (κ3) is 1.81. The van der Waals surface area contributed by atoms with Gasteiger partial charge in [0, 0.05) is 0 Å². The van der Waals surface area contributed by atoms with Crippen molar-refractivity contribution in [2.24, 2.45) is 0 Å². The van der Waals surface area contributed by atoms with E-state index in [1.165, 1.54) is 6.07 Å². The number of hydrogen-bond donors (Lipinski definition) is 1. The molecule has 1 saturated heterocycles. The van der Waals surface area contributed by atoms with E-state index in [0.29, 0.717) is 11.1 Å². The number of rotatable bonds is 1. The minimum Gasteiger partial charge on any atom is -0.380 e. The van der Waals surface area contributed by atoms with Gasteiger partial charge in [0.05, 0.1) is 18.8 Å². The van der Waals surface area contributed by atoms with Crippen molar-refractivity contribution in [3.8, 4) is 0 Å². The van der Waals surface area contributed by atoms with E-state index in [2.05, 4.69) is 0 Å². The van der Waals surface area contributed by atoms with E-state index in [0.717, 1.165) is 12.1 Å². The largest absolute Gasteiger partial charge is 0.416 e. The summed E-state index contributed by atoms with van der Waals surface area (Å²) in [4.78, 5) is 0. The minimum absolute atomic E-state index is 0.138. The molecule has 1 aromatic carbocycles. The maximum atomic E-state index is 12.4. The van der Waals surface area contributed by atoms with Gasteiger partial charge in [0.15, 0.2) is 0 Å². The van der Waals surface area contributed by atoms with Crippen LogP contribution in [0.3, 0.4) is 0 Å². The predicted octanol–water partition coefficient (Wildman–Crippen LogP) is 2.23. The number of hydrogen-bond acceptors (Lipinski definition) is 2. The van der Waals surface area contributed by atoms with Crippen LogP contribution in [0.15, 0.2) is 18.2 Å². The topological polar surface area (TPSA) is 29.5 Å². The SMILES string of the molecule is Cc1cc(C(F)(F)F)ccc1C1(O)COC1. The lowest BCUT2D eigenvalue weighted by Crippen LogP contribution is -2.47. The zero-order valence-corrected chi connectivity index (χ0v) is 8.64. The van der Waals surface area contributed by atoms with Gasteiger partial charge in [0.25, 0.3) is 0 Å². The average molecular weight is 232 g/mol. The van der Waals surface area contributed by atoms with Gasteiger partial charge in [0.2, 0.25) is 0 Å². The van der Waals surface area contributed by atoms with Crippen LogP contribution in [0, 0.1) is 6.92 Å². The molecule has 0 saturated carbocycles. The van der Waals surface area contributed by atoms with E-state index >= 15 is 0 Å². The molecule has 0 unspecified atom stereocenters. The van der Waals surface area contributed by atoms with Gasteiger partial charge in [-0.3, -0.25) is 0 Å². The van der Waals surface area contributed by atoms with Crippen LogP contribution in [0.4, 0.5) is 13.2 Å². The summed E-state index contributed by atoms with van der Waals surface area (Å²) in [7, 11) is 0. The van der Waals surface area contributed by atoms with Gasteiger partial charge in [-0.25, -0.2) is 0 Å². The maximum absolute atomic E-state index is 12.4. The fraction of sp³-hybridized carbons (Fsp3) is 0.455. The molecule has 1 heterocycles. The zero-order chi connectivity index (χ0) is 12.0. The maximum Gasteiger partial charge on any atom is 0.416 e. The van der Waals surface area contributed by atoms with Crippen molar-refractivity contribution in [2.45, 2.75) is 18.7 Å². The number of aliphatic hydroxyl groups is 1. The Labute approximate surface area is 90.7 Å². The second-order valence-corrected chi connectivity index (χ2v) is 4.05. The smallest absolute Gasteiger partial charge is 0.380 e. The van der Waals surface area contributed by atoms with Gasteiger partial charge in [-0.05, 0) is 30.2 Å². The first-order chi connectivity index (χ1) is 7.33. The zero-order valence-electron chi connectivity index (χ0n) is 8.64. The average Bonchev–Trinajstić information content (AvgIpc) is 2.12. The molecule has 0 aromatic heterocycles. The third-order valence-corrected chi connectivity index (χ3v) is 2.74. The van der Waals surface area contributed by atoms with Crippen LogP contribution in [0.25, 0.3) is 0 Å². The Balaban J connectivity index is 2.37. The molecule has 0 spiro atoms. The monoisotopic (exact) mass is 232 g/mol. The molecular formula is C11H11F3O2. The summed E-state index contributed by atoms with van der Waals surface area (Å²) in [5, 5.41) is 9.95. The second-order valence-electron chi connectivity index (χ2n) is 4.05. The molecule has 88 valence electrons. The molecule has 1 N–H and O–H groups in total. The summed E-state index contributed by atoms with van der Waals surface area (Å²) < 4.78 is 42.1. The van der Waals surface area contributed by atoms with E-state index in [1.54, 1.807) is 6.92 Å². The third-order valence-electron chi connectivity index (χ3n) is 2.74. The number of ether oxygens (including phenoxy) is 1. The summed E-state index contributed by atoms with van der Waals surface area (Å²) in [5.41, 5.74) is -0.876. The van der Waals surface area contributed by atoms with Crippen molar-refractivity contribution in [1.29, 1.82) is 0 Å². The number of benzene rings is 1. The summed E-state index contributed by atoms with van der Waals surface area (Å²) in [5.74, 6) is 0. The lowest BCUT2D eigenvalue weighted by atomic mass is 9.88. The van der Waals surface area contributed by atoms with E-state index < -0.39 is 17.3 Å². The van der Waals surface area contributed by atoms with Gasteiger partial charge in [-0.1, -0.05) is 6.07 Å². The molecule has 0 amide bonds. The first-order valence-electron chi connectivity index (χ1n) is 4.81. The van der Waals surface area contributed by atoms with Crippen molar-refractivity contribution in [3.63, 3.8) is 0 Å². The van der Waals surface area contributed by atoms with Crippen LogP contribution in [-0.2, 0) is 16.5 Å². The first-order valence-corrected chi connectivity index (χ1v) is 4.81. The summed E-state index contributed by atoms with van der Waals surface area (Å²) in [6.45, 7) is 1.83. The van der Waals surface area contributed by atoms with E-state index in [-0.39, 0.29) is 13.2 Å². The van der Waals surface area contributed by atoms with Crippen LogP contribution < -0.4 is 0 Å². The lowest BCUT2D eigenvalue weighted by Gasteiger charge is -2.37. The molecule has 5 heteroatoms. The fourth-order valence-electron chi connectivity index (χ4n) is 1.81. The number of halogens is 3. The molecule has 16 heavy (non-hydrogen) atoms. The Kier molecular flexibility index (Phi) is 2.47. The van der Waals surface area contributed by atoms with Crippen LogP contribution in [0.2, 0.25) is 0 Å². The first kappa shape index (κ1) is 11.4. The summed E-state index contributed by atoms with van der Waals surface area (Å²) in [6.07, 6.45) is -4.35. The Morgan fingerprint density at radius 1 is 1.31 bits per heavy atom. The lowest BCUT2D eigenvalue weighted by molar-refractivity contribution is -0.185. The molecule has 1 aliphatic heterocycles. The minimum atomic E-state index is -4.35. The van der Waals surface area contributed by atoms with Gasteiger partial charge in [0.1, 0.15) is 5.60 Å². The number of alkyl halides is 3.